The number of benzene rings is 3. The van der Waals surface area contributed by atoms with Gasteiger partial charge in [-0.05, 0) is 36.8 Å². The lowest BCUT2D eigenvalue weighted by atomic mass is 10.1. The maximum absolute atomic E-state index is 6.53. The summed E-state index contributed by atoms with van der Waals surface area (Å²) in [4.78, 5) is 0. The topological polar surface area (TPSA) is 39.7 Å². The summed E-state index contributed by atoms with van der Waals surface area (Å²) in [7, 11) is 1.67. The third kappa shape index (κ3) is 6.44. The highest BCUT2D eigenvalue weighted by molar-refractivity contribution is 6.35. The van der Waals surface area contributed by atoms with E-state index in [-0.39, 0.29) is 6.61 Å². The Morgan fingerprint density at radius 1 is 0.742 bits per heavy atom. The lowest BCUT2D eigenvalue weighted by Gasteiger charge is -2.16. The molecule has 3 aromatic rings. The number of methoxy groups -OCH3 is 1. The van der Waals surface area contributed by atoms with E-state index in [2.05, 4.69) is 5.32 Å². The maximum atomic E-state index is 6.53. The minimum absolute atomic E-state index is 0.276. The highest BCUT2D eigenvalue weighted by atomic mass is 35.5. The van der Waals surface area contributed by atoms with E-state index < -0.39 is 0 Å². The zero-order valence-electron chi connectivity index (χ0n) is 17.4. The van der Waals surface area contributed by atoms with Crippen molar-refractivity contribution in [3.8, 4) is 17.2 Å². The average molecular weight is 481 g/mol. The monoisotopic (exact) mass is 479 g/mol. The largest absolute Gasteiger partial charge is 0.496 e. The van der Waals surface area contributed by atoms with Crippen LogP contribution in [-0.2, 0) is 19.7 Å². The van der Waals surface area contributed by atoms with E-state index in [9.17, 15) is 0 Å². The van der Waals surface area contributed by atoms with Crippen LogP contribution in [0.15, 0.2) is 54.6 Å². The molecule has 0 atom stereocenters. The number of hydrogen-bond donors (Lipinski definition) is 1. The molecule has 0 aliphatic rings. The van der Waals surface area contributed by atoms with Gasteiger partial charge in [-0.3, -0.25) is 0 Å². The number of rotatable bonds is 10. The van der Waals surface area contributed by atoms with Crippen LogP contribution < -0.4 is 19.5 Å². The van der Waals surface area contributed by atoms with Crippen molar-refractivity contribution >= 4 is 34.8 Å². The molecule has 0 amide bonds. The number of ether oxygens (including phenoxy) is 3. The first kappa shape index (κ1) is 23.6. The van der Waals surface area contributed by atoms with Crippen LogP contribution in [0.1, 0.15) is 23.6 Å². The van der Waals surface area contributed by atoms with E-state index in [1.54, 1.807) is 25.3 Å². The van der Waals surface area contributed by atoms with Crippen molar-refractivity contribution in [1.29, 1.82) is 0 Å². The molecule has 0 unspecified atom stereocenters. The van der Waals surface area contributed by atoms with Crippen molar-refractivity contribution in [2.45, 2.75) is 26.6 Å². The summed E-state index contributed by atoms with van der Waals surface area (Å²) in [6.07, 6.45) is 0. The first-order valence-electron chi connectivity index (χ1n) is 9.86. The first-order chi connectivity index (χ1) is 15.0. The molecule has 164 valence electrons. The van der Waals surface area contributed by atoms with Crippen LogP contribution in [0.5, 0.6) is 17.2 Å². The number of para-hydroxylation sites is 1. The Morgan fingerprint density at radius 2 is 1.45 bits per heavy atom. The Kier molecular flexibility index (Phi) is 8.73. The molecule has 0 aliphatic carbocycles. The van der Waals surface area contributed by atoms with Crippen LogP contribution in [0.2, 0.25) is 15.1 Å². The predicted molar refractivity (Wildman–Crippen MR) is 127 cm³/mol. The van der Waals surface area contributed by atoms with Crippen LogP contribution >= 0.6 is 34.8 Å². The molecule has 0 saturated carbocycles. The van der Waals surface area contributed by atoms with E-state index in [0.717, 1.165) is 22.4 Å². The SMILES string of the molecule is CCOc1cc(CNCc2ccccc2OC)c(Cl)cc1OCc1ccc(Cl)cc1Cl. The van der Waals surface area contributed by atoms with E-state index in [1.807, 2.05) is 43.3 Å². The zero-order chi connectivity index (χ0) is 22.2. The van der Waals surface area contributed by atoms with Gasteiger partial charge in [0.2, 0.25) is 0 Å². The van der Waals surface area contributed by atoms with Gasteiger partial charge >= 0.3 is 0 Å². The fourth-order valence-corrected chi connectivity index (χ4v) is 3.75. The molecule has 0 bridgehead atoms. The number of hydrogen-bond acceptors (Lipinski definition) is 4. The van der Waals surface area contributed by atoms with Gasteiger partial charge in [-0.2, -0.15) is 0 Å². The summed E-state index contributed by atoms with van der Waals surface area (Å²) in [5.74, 6) is 2.04. The van der Waals surface area contributed by atoms with Gasteiger partial charge < -0.3 is 19.5 Å². The molecule has 3 rings (SSSR count). The molecule has 4 nitrogen and oxygen atoms in total. The van der Waals surface area contributed by atoms with Crippen molar-refractivity contribution in [1.82, 2.24) is 5.32 Å². The van der Waals surface area contributed by atoms with Crippen LogP contribution in [0.25, 0.3) is 0 Å². The Balaban J connectivity index is 1.70. The van der Waals surface area contributed by atoms with Crippen LogP contribution in [0.3, 0.4) is 0 Å². The van der Waals surface area contributed by atoms with Gasteiger partial charge in [-0.15, -0.1) is 0 Å². The molecule has 0 aromatic heterocycles. The van der Waals surface area contributed by atoms with E-state index in [0.29, 0.717) is 46.3 Å². The van der Waals surface area contributed by atoms with E-state index in [1.165, 1.54) is 0 Å². The first-order valence-corrected chi connectivity index (χ1v) is 11.0. The molecular weight excluding hydrogens is 457 g/mol. The number of halogens is 3. The van der Waals surface area contributed by atoms with E-state index >= 15 is 0 Å². The van der Waals surface area contributed by atoms with Crippen molar-refractivity contribution in [3.05, 3.63) is 86.4 Å². The lowest BCUT2D eigenvalue weighted by Crippen LogP contribution is -2.14. The van der Waals surface area contributed by atoms with Crippen LogP contribution in [0, 0.1) is 0 Å². The molecule has 0 saturated heterocycles. The average Bonchev–Trinajstić information content (AvgIpc) is 2.76. The fraction of sp³-hybridized carbons (Fsp3) is 0.250. The van der Waals surface area contributed by atoms with Crippen molar-refractivity contribution in [2.75, 3.05) is 13.7 Å². The van der Waals surface area contributed by atoms with Gasteiger partial charge in [0.1, 0.15) is 12.4 Å². The summed E-state index contributed by atoms with van der Waals surface area (Å²) in [6.45, 7) is 3.93. The van der Waals surface area contributed by atoms with Gasteiger partial charge in [-0.25, -0.2) is 0 Å². The Morgan fingerprint density at radius 3 is 2.19 bits per heavy atom. The molecular formula is C24H24Cl3NO3. The highest BCUT2D eigenvalue weighted by Crippen LogP contribution is 2.35. The summed E-state index contributed by atoms with van der Waals surface area (Å²) in [5.41, 5.74) is 2.81. The summed E-state index contributed by atoms with van der Waals surface area (Å²) in [6, 6.07) is 16.9. The Hall–Kier alpha value is -2.11. The Bertz CT molecular complexity index is 1030. The molecule has 0 heterocycles. The lowest BCUT2D eigenvalue weighted by molar-refractivity contribution is 0.269. The Labute approximate surface area is 198 Å². The second-order valence-corrected chi connectivity index (χ2v) is 8.01. The minimum atomic E-state index is 0.276. The van der Waals surface area contributed by atoms with Crippen molar-refractivity contribution < 1.29 is 14.2 Å². The quantitative estimate of drug-likeness (QED) is 0.342. The van der Waals surface area contributed by atoms with Gasteiger partial charge in [-0.1, -0.05) is 59.1 Å². The van der Waals surface area contributed by atoms with E-state index in [4.69, 9.17) is 49.0 Å². The van der Waals surface area contributed by atoms with Crippen LogP contribution in [-0.4, -0.2) is 13.7 Å². The predicted octanol–water partition coefficient (Wildman–Crippen LogP) is 6.92. The highest BCUT2D eigenvalue weighted by Gasteiger charge is 2.13. The number of nitrogens with one attached hydrogen (secondary N) is 1. The third-order valence-electron chi connectivity index (χ3n) is 4.63. The molecule has 0 aliphatic heterocycles. The van der Waals surface area contributed by atoms with Crippen molar-refractivity contribution in [3.63, 3.8) is 0 Å². The maximum Gasteiger partial charge on any atom is 0.163 e. The normalized spacial score (nSPS) is 10.7. The fourth-order valence-electron chi connectivity index (χ4n) is 3.07. The second-order valence-electron chi connectivity index (χ2n) is 6.76. The van der Waals surface area contributed by atoms with Crippen LogP contribution in [0.4, 0.5) is 0 Å². The molecule has 0 spiro atoms. The third-order valence-corrected chi connectivity index (χ3v) is 5.57. The summed E-state index contributed by atoms with van der Waals surface area (Å²) >= 11 is 18.7. The standard InChI is InChI=1S/C24H24Cl3NO3/c1-3-30-23-10-18(14-28-13-16-6-4-5-7-22(16)29-2)21(27)12-24(23)31-15-17-8-9-19(25)11-20(17)26/h4-12,28H,3,13-15H2,1-2H3. The summed E-state index contributed by atoms with van der Waals surface area (Å²) < 4.78 is 17.1. The minimum Gasteiger partial charge on any atom is -0.496 e. The van der Waals surface area contributed by atoms with Gasteiger partial charge in [0.05, 0.1) is 13.7 Å². The molecule has 0 radical (unpaired) electrons. The van der Waals surface area contributed by atoms with Gasteiger partial charge in [0.25, 0.3) is 0 Å². The molecule has 3 aromatic carbocycles. The zero-order valence-corrected chi connectivity index (χ0v) is 19.7. The summed E-state index contributed by atoms with van der Waals surface area (Å²) in [5, 5.41) is 5.12. The second kappa shape index (κ2) is 11.5. The molecule has 31 heavy (non-hydrogen) atoms. The molecule has 1 N–H and O–H groups in total. The smallest absolute Gasteiger partial charge is 0.163 e. The van der Waals surface area contributed by atoms with Crippen molar-refractivity contribution in [2.24, 2.45) is 0 Å². The van der Waals surface area contributed by atoms with Gasteiger partial charge in [0.15, 0.2) is 11.5 Å². The molecule has 0 fully saturated rings. The van der Waals surface area contributed by atoms with Gasteiger partial charge in [0, 0.05) is 45.4 Å². The molecule has 7 heteroatoms.